The molecule has 1 aromatic rings. The summed E-state index contributed by atoms with van der Waals surface area (Å²) in [6.45, 7) is 1.17. The number of aryl methyl sites for hydroxylation is 1. The molecule has 1 aromatic heterocycles. The maximum Gasteiger partial charge on any atom is 0.0802 e. The smallest absolute Gasteiger partial charge is 0.0802 e. The van der Waals surface area contributed by atoms with Crippen LogP contribution in [0.15, 0.2) is 24.5 Å². The summed E-state index contributed by atoms with van der Waals surface area (Å²) in [5.41, 5.74) is 1.16. The molecule has 0 fully saturated rings. The van der Waals surface area contributed by atoms with Crippen molar-refractivity contribution in [1.29, 1.82) is 0 Å². The lowest BCUT2D eigenvalue weighted by Crippen LogP contribution is -1.85. The molecule has 1 N–H and O–H groups in total. The molecular weight excluding hydrogens is 126 g/mol. The second-order valence-electron chi connectivity index (χ2n) is 2.08. The fourth-order valence-electron chi connectivity index (χ4n) is 0.777. The number of hydrogen-bond donors (Lipinski definition) is 1. The van der Waals surface area contributed by atoms with Gasteiger partial charge in [0.15, 0.2) is 0 Å². The standard InChI is InChI=1S/C8H10NO/c10-6-2-4-8-3-1-5-9-7-8/h1,3,5-7,10H,2,4H2. The number of rotatable bonds is 3. The average Bonchev–Trinajstić information content (AvgIpc) is 2.03. The van der Waals surface area contributed by atoms with Crippen molar-refractivity contribution in [1.82, 2.24) is 4.98 Å². The molecule has 1 heterocycles. The van der Waals surface area contributed by atoms with Crippen LogP contribution in [0, 0.1) is 6.61 Å². The number of nitrogens with zero attached hydrogens (tertiary/aromatic N) is 1. The predicted octanol–water partition coefficient (Wildman–Crippen LogP) is 1.55. The summed E-state index contributed by atoms with van der Waals surface area (Å²) in [6.07, 6.45) is 5.12. The Bertz CT molecular complexity index is 174. The average molecular weight is 136 g/mol. The van der Waals surface area contributed by atoms with E-state index in [4.69, 9.17) is 5.11 Å². The van der Waals surface area contributed by atoms with E-state index < -0.39 is 0 Å². The number of aliphatic hydroxyl groups excluding tert-OH is 1. The minimum atomic E-state index is 0.700. The monoisotopic (exact) mass is 136 g/mol. The van der Waals surface area contributed by atoms with Crippen LogP contribution in [0.1, 0.15) is 12.0 Å². The highest BCUT2D eigenvalue weighted by Crippen LogP contribution is 1.99. The Balaban J connectivity index is 2.43. The Morgan fingerprint density at radius 3 is 3.10 bits per heavy atom. The summed E-state index contributed by atoms with van der Waals surface area (Å²) in [4.78, 5) is 3.94. The van der Waals surface area contributed by atoms with E-state index in [-0.39, 0.29) is 0 Å². The van der Waals surface area contributed by atoms with Gasteiger partial charge in [0.1, 0.15) is 0 Å². The Kier molecular flexibility index (Phi) is 2.90. The van der Waals surface area contributed by atoms with Crippen molar-refractivity contribution >= 4 is 0 Å². The van der Waals surface area contributed by atoms with E-state index in [0.717, 1.165) is 12.0 Å². The van der Waals surface area contributed by atoms with Gasteiger partial charge in [0.2, 0.25) is 0 Å². The van der Waals surface area contributed by atoms with Crippen LogP contribution in [-0.4, -0.2) is 10.1 Å². The van der Waals surface area contributed by atoms with E-state index in [9.17, 15) is 0 Å². The third-order valence-corrected chi connectivity index (χ3v) is 1.28. The third kappa shape index (κ3) is 2.15. The van der Waals surface area contributed by atoms with Crippen molar-refractivity contribution in [3.63, 3.8) is 0 Å². The van der Waals surface area contributed by atoms with Gasteiger partial charge in [-0.25, -0.2) is 0 Å². The molecule has 0 aliphatic carbocycles. The zero-order valence-electron chi connectivity index (χ0n) is 5.70. The first-order chi connectivity index (χ1) is 4.93. The summed E-state index contributed by atoms with van der Waals surface area (Å²) in [5.74, 6) is 0. The Hall–Kier alpha value is -0.890. The van der Waals surface area contributed by atoms with Crippen molar-refractivity contribution in [2.45, 2.75) is 12.8 Å². The molecule has 2 heteroatoms. The van der Waals surface area contributed by atoms with Gasteiger partial charge in [-0.15, -0.1) is 0 Å². The summed E-state index contributed by atoms with van der Waals surface area (Å²) in [5, 5.41) is 8.38. The molecule has 2 nitrogen and oxygen atoms in total. The fourth-order valence-corrected chi connectivity index (χ4v) is 0.777. The first-order valence-electron chi connectivity index (χ1n) is 3.28. The van der Waals surface area contributed by atoms with Crippen molar-refractivity contribution in [3.8, 4) is 0 Å². The number of hydrogen-bond acceptors (Lipinski definition) is 2. The van der Waals surface area contributed by atoms with E-state index in [2.05, 4.69) is 4.98 Å². The van der Waals surface area contributed by atoms with Crippen molar-refractivity contribution in [2.75, 3.05) is 0 Å². The van der Waals surface area contributed by atoms with Gasteiger partial charge in [-0.3, -0.25) is 4.98 Å². The second-order valence-corrected chi connectivity index (χ2v) is 2.08. The van der Waals surface area contributed by atoms with E-state index in [1.54, 1.807) is 6.20 Å². The van der Waals surface area contributed by atoms with Gasteiger partial charge in [-0.1, -0.05) is 6.07 Å². The largest absolute Gasteiger partial charge is 0.390 e. The molecule has 0 amide bonds. The molecule has 1 rings (SSSR count). The lowest BCUT2D eigenvalue weighted by Gasteiger charge is -1.95. The van der Waals surface area contributed by atoms with E-state index in [0.29, 0.717) is 6.42 Å². The molecule has 0 atom stereocenters. The van der Waals surface area contributed by atoms with Crippen LogP contribution in [0.25, 0.3) is 0 Å². The lowest BCUT2D eigenvalue weighted by molar-refractivity contribution is 0.375. The van der Waals surface area contributed by atoms with Crippen LogP contribution in [0.5, 0.6) is 0 Å². The van der Waals surface area contributed by atoms with E-state index >= 15 is 0 Å². The SMILES string of the molecule is O[CH]CCc1cccnc1. The van der Waals surface area contributed by atoms with Gasteiger partial charge < -0.3 is 5.11 Å². The van der Waals surface area contributed by atoms with E-state index in [1.165, 1.54) is 6.61 Å². The zero-order chi connectivity index (χ0) is 7.23. The van der Waals surface area contributed by atoms with Crippen molar-refractivity contribution in [2.24, 2.45) is 0 Å². The quantitative estimate of drug-likeness (QED) is 0.683. The van der Waals surface area contributed by atoms with Crippen LogP contribution >= 0.6 is 0 Å². The molecule has 0 aliphatic rings. The van der Waals surface area contributed by atoms with Crippen LogP contribution in [-0.2, 0) is 6.42 Å². The highest BCUT2D eigenvalue weighted by atomic mass is 16.2. The van der Waals surface area contributed by atoms with Gasteiger partial charge >= 0.3 is 0 Å². The molecular formula is C8H10NO. The molecule has 10 heavy (non-hydrogen) atoms. The molecule has 0 saturated heterocycles. The molecule has 0 spiro atoms. The first-order valence-corrected chi connectivity index (χ1v) is 3.28. The third-order valence-electron chi connectivity index (χ3n) is 1.28. The van der Waals surface area contributed by atoms with Gasteiger partial charge in [0.05, 0.1) is 6.61 Å². The minimum absolute atomic E-state index is 0.700. The molecule has 0 unspecified atom stereocenters. The van der Waals surface area contributed by atoms with Crippen LogP contribution < -0.4 is 0 Å². The summed E-state index contributed by atoms with van der Waals surface area (Å²) in [7, 11) is 0. The maximum absolute atomic E-state index is 8.38. The van der Waals surface area contributed by atoms with Gasteiger partial charge in [-0.2, -0.15) is 0 Å². The topological polar surface area (TPSA) is 33.1 Å². The maximum atomic E-state index is 8.38. The number of aliphatic hydroxyl groups is 1. The van der Waals surface area contributed by atoms with Crippen molar-refractivity contribution in [3.05, 3.63) is 36.7 Å². The van der Waals surface area contributed by atoms with Crippen LogP contribution in [0.4, 0.5) is 0 Å². The van der Waals surface area contributed by atoms with Crippen LogP contribution in [0.2, 0.25) is 0 Å². The molecule has 0 aliphatic heterocycles. The Morgan fingerprint density at radius 1 is 1.60 bits per heavy atom. The van der Waals surface area contributed by atoms with E-state index in [1.807, 2.05) is 18.3 Å². The molecule has 0 aromatic carbocycles. The lowest BCUT2D eigenvalue weighted by atomic mass is 10.2. The second kappa shape index (κ2) is 4.01. The Morgan fingerprint density at radius 2 is 2.50 bits per heavy atom. The zero-order valence-corrected chi connectivity index (χ0v) is 5.70. The highest BCUT2D eigenvalue weighted by molar-refractivity contribution is 5.08. The van der Waals surface area contributed by atoms with Crippen molar-refractivity contribution < 1.29 is 5.11 Å². The van der Waals surface area contributed by atoms with Gasteiger partial charge in [0, 0.05) is 12.4 Å². The first kappa shape index (κ1) is 7.22. The minimum Gasteiger partial charge on any atom is -0.390 e. The number of pyridine rings is 1. The summed E-state index contributed by atoms with van der Waals surface area (Å²) >= 11 is 0. The highest BCUT2D eigenvalue weighted by Gasteiger charge is 1.89. The normalized spacial score (nSPS) is 9.70. The molecule has 53 valence electrons. The van der Waals surface area contributed by atoms with Gasteiger partial charge in [0.25, 0.3) is 0 Å². The van der Waals surface area contributed by atoms with Gasteiger partial charge in [-0.05, 0) is 24.5 Å². The summed E-state index contributed by atoms with van der Waals surface area (Å²) in [6, 6.07) is 3.89. The predicted molar refractivity (Wildman–Crippen MR) is 38.8 cm³/mol. The summed E-state index contributed by atoms with van der Waals surface area (Å²) < 4.78 is 0. The molecule has 0 saturated carbocycles. The fraction of sp³-hybridized carbons (Fsp3) is 0.250. The number of aromatic nitrogens is 1. The molecule has 0 bridgehead atoms. The molecule has 1 radical (unpaired) electrons. The van der Waals surface area contributed by atoms with Crippen LogP contribution in [0.3, 0.4) is 0 Å². The Labute approximate surface area is 60.5 Å².